The Hall–Kier alpha value is -7.68. The van der Waals surface area contributed by atoms with Crippen molar-refractivity contribution in [2.75, 3.05) is 4.90 Å². The highest BCUT2D eigenvalue weighted by Crippen LogP contribution is 2.54. The number of nitrogens with zero attached hydrogens (tertiary/aromatic N) is 1. The van der Waals surface area contributed by atoms with Gasteiger partial charge < -0.3 is 9.32 Å². The maximum atomic E-state index is 6.73. The zero-order valence-electron chi connectivity index (χ0n) is 34.1. The standard InChI is InChI=1S/C59H41NO/c1-59(2)51-27-10-7-23-49(51)56-47(25-14-28-52(56)59)45-21-8-11-29-53(45)60(41-35-32-40(33-36-41)43-24-13-18-38-16-3-5-19-42(38)43)54-30-12-9-22-46(54)48-26-15-31-55-57(48)50-37-34-39-17-4-6-20-44(39)58(50)61-55/h3-37H,1-2H3. The molecule has 11 aromatic rings. The van der Waals surface area contributed by atoms with Crippen LogP contribution in [0.15, 0.2) is 217 Å². The summed E-state index contributed by atoms with van der Waals surface area (Å²) in [6.45, 7) is 4.72. The van der Waals surface area contributed by atoms with Crippen LogP contribution in [-0.4, -0.2) is 0 Å². The van der Waals surface area contributed by atoms with Crippen LogP contribution in [0, 0.1) is 0 Å². The highest BCUT2D eigenvalue weighted by atomic mass is 16.3. The summed E-state index contributed by atoms with van der Waals surface area (Å²) in [5, 5.41) is 7.02. The van der Waals surface area contributed by atoms with Gasteiger partial charge in [0.25, 0.3) is 0 Å². The largest absolute Gasteiger partial charge is 0.455 e. The van der Waals surface area contributed by atoms with Gasteiger partial charge in [-0.15, -0.1) is 0 Å². The summed E-state index contributed by atoms with van der Waals surface area (Å²) in [6, 6.07) is 77.4. The molecule has 0 bridgehead atoms. The molecule has 0 amide bonds. The predicted octanol–water partition coefficient (Wildman–Crippen LogP) is 16.7. The first-order chi connectivity index (χ1) is 30.0. The molecule has 12 rings (SSSR count). The zero-order valence-corrected chi connectivity index (χ0v) is 34.1. The number of fused-ring (bicyclic) bond motifs is 9. The maximum absolute atomic E-state index is 6.73. The van der Waals surface area contributed by atoms with Crippen LogP contribution >= 0.6 is 0 Å². The Morgan fingerprint density at radius 2 is 0.918 bits per heavy atom. The number of rotatable bonds is 6. The summed E-state index contributed by atoms with van der Waals surface area (Å²) < 4.78 is 6.73. The summed E-state index contributed by atoms with van der Waals surface area (Å²) in [6.07, 6.45) is 0. The predicted molar refractivity (Wildman–Crippen MR) is 257 cm³/mol. The maximum Gasteiger partial charge on any atom is 0.143 e. The Labute approximate surface area is 355 Å². The van der Waals surface area contributed by atoms with Gasteiger partial charge in [-0.25, -0.2) is 0 Å². The molecule has 2 nitrogen and oxygen atoms in total. The van der Waals surface area contributed by atoms with E-state index in [1.165, 1.54) is 60.7 Å². The highest BCUT2D eigenvalue weighted by Gasteiger charge is 2.37. The molecule has 0 aliphatic heterocycles. The first kappa shape index (κ1) is 35.3. The topological polar surface area (TPSA) is 16.4 Å². The fourth-order valence-electron chi connectivity index (χ4n) is 10.2. The van der Waals surface area contributed by atoms with E-state index in [-0.39, 0.29) is 5.41 Å². The monoisotopic (exact) mass is 779 g/mol. The number of anilines is 3. The number of para-hydroxylation sites is 2. The zero-order chi connectivity index (χ0) is 40.7. The second-order valence-corrected chi connectivity index (χ2v) is 16.8. The van der Waals surface area contributed by atoms with E-state index in [1.807, 2.05) is 0 Å². The van der Waals surface area contributed by atoms with E-state index in [9.17, 15) is 0 Å². The number of benzene rings is 10. The van der Waals surface area contributed by atoms with Gasteiger partial charge in [0.15, 0.2) is 0 Å². The Kier molecular flexibility index (Phi) is 7.92. The first-order valence-corrected chi connectivity index (χ1v) is 21.2. The molecule has 0 atom stereocenters. The molecule has 1 aliphatic carbocycles. The van der Waals surface area contributed by atoms with Crippen LogP contribution in [-0.2, 0) is 5.41 Å². The van der Waals surface area contributed by atoms with E-state index in [1.54, 1.807) is 0 Å². The summed E-state index contributed by atoms with van der Waals surface area (Å²) in [7, 11) is 0. The van der Waals surface area contributed by atoms with Crippen LogP contribution < -0.4 is 4.90 Å². The fraction of sp³-hybridized carbons (Fsp3) is 0.0508. The van der Waals surface area contributed by atoms with Crippen LogP contribution in [0.1, 0.15) is 25.0 Å². The van der Waals surface area contributed by atoms with E-state index in [0.717, 1.165) is 55.5 Å². The molecule has 2 heteroatoms. The average Bonchev–Trinajstić information content (AvgIpc) is 3.82. The lowest BCUT2D eigenvalue weighted by Gasteiger charge is -2.30. The molecule has 61 heavy (non-hydrogen) atoms. The third kappa shape index (κ3) is 5.42. The molecular formula is C59H41NO. The van der Waals surface area contributed by atoms with E-state index >= 15 is 0 Å². The summed E-state index contributed by atoms with van der Waals surface area (Å²) in [5.74, 6) is 0. The minimum absolute atomic E-state index is 0.113. The Morgan fingerprint density at radius 3 is 1.70 bits per heavy atom. The van der Waals surface area contributed by atoms with Crippen LogP contribution in [0.2, 0.25) is 0 Å². The number of furan rings is 1. The van der Waals surface area contributed by atoms with Crippen LogP contribution in [0.4, 0.5) is 17.1 Å². The fourth-order valence-corrected chi connectivity index (χ4v) is 10.2. The second kappa shape index (κ2) is 13.7. The molecule has 0 N–H and O–H groups in total. The summed E-state index contributed by atoms with van der Waals surface area (Å²) in [4.78, 5) is 2.47. The van der Waals surface area contributed by atoms with Gasteiger partial charge in [-0.1, -0.05) is 190 Å². The lowest BCUT2D eigenvalue weighted by molar-refractivity contribution is 0.660. The van der Waals surface area contributed by atoms with Gasteiger partial charge in [0.2, 0.25) is 0 Å². The molecule has 1 aliphatic rings. The Bertz CT molecular complexity index is 3510. The average molecular weight is 780 g/mol. The van der Waals surface area contributed by atoms with Crippen molar-refractivity contribution in [1.82, 2.24) is 0 Å². The highest BCUT2D eigenvalue weighted by molar-refractivity contribution is 6.20. The quantitative estimate of drug-likeness (QED) is 0.167. The molecule has 0 unspecified atom stereocenters. The van der Waals surface area contributed by atoms with E-state index in [0.29, 0.717) is 0 Å². The van der Waals surface area contributed by atoms with E-state index in [4.69, 9.17) is 4.42 Å². The number of hydrogen-bond acceptors (Lipinski definition) is 2. The minimum atomic E-state index is -0.113. The SMILES string of the molecule is CC1(C)c2ccccc2-c2c(-c3ccccc3N(c3ccc(-c4cccc5ccccc45)cc3)c3ccccc3-c3cccc4oc5c6ccccc6ccc5c34)cccc21. The lowest BCUT2D eigenvalue weighted by Crippen LogP contribution is -2.15. The van der Waals surface area contributed by atoms with E-state index in [2.05, 4.69) is 231 Å². The summed E-state index contributed by atoms with van der Waals surface area (Å²) >= 11 is 0. The third-order valence-electron chi connectivity index (χ3n) is 13.1. The van der Waals surface area contributed by atoms with Gasteiger partial charge in [0.05, 0.1) is 11.4 Å². The van der Waals surface area contributed by atoms with Crippen molar-refractivity contribution in [2.24, 2.45) is 0 Å². The van der Waals surface area contributed by atoms with Gasteiger partial charge >= 0.3 is 0 Å². The molecular weight excluding hydrogens is 739 g/mol. The molecule has 10 aromatic carbocycles. The van der Waals surface area contributed by atoms with Crippen molar-refractivity contribution in [3.63, 3.8) is 0 Å². The molecule has 0 radical (unpaired) electrons. The van der Waals surface area contributed by atoms with Crippen LogP contribution in [0.5, 0.6) is 0 Å². The van der Waals surface area contributed by atoms with Gasteiger partial charge in [-0.3, -0.25) is 0 Å². The molecule has 0 saturated heterocycles. The first-order valence-electron chi connectivity index (χ1n) is 21.2. The normalized spacial score (nSPS) is 12.9. The van der Waals surface area contributed by atoms with Crippen LogP contribution in [0.25, 0.3) is 88.0 Å². The van der Waals surface area contributed by atoms with Crippen molar-refractivity contribution in [3.8, 4) is 44.5 Å². The minimum Gasteiger partial charge on any atom is -0.455 e. The van der Waals surface area contributed by atoms with Crippen molar-refractivity contribution < 1.29 is 4.42 Å². The van der Waals surface area contributed by atoms with Crippen molar-refractivity contribution in [1.29, 1.82) is 0 Å². The molecule has 1 aromatic heterocycles. The third-order valence-corrected chi connectivity index (χ3v) is 13.1. The second-order valence-electron chi connectivity index (χ2n) is 16.8. The van der Waals surface area contributed by atoms with Crippen molar-refractivity contribution >= 4 is 60.5 Å². The van der Waals surface area contributed by atoms with Gasteiger partial charge in [0, 0.05) is 38.4 Å². The molecule has 0 saturated carbocycles. The van der Waals surface area contributed by atoms with Crippen molar-refractivity contribution in [3.05, 3.63) is 223 Å². The van der Waals surface area contributed by atoms with Gasteiger partial charge in [-0.2, -0.15) is 0 Å². The van der Waals surface area contributed by atoms with E-state index < -0.39 is 0 Å². The smallest absolute Gasteiger partial charge is 0.143 e. The van der Waals surface area contributed by atoms with Crippen molar-refractivity contribution in [2.45, 2.75) is 19.3 Å². The van der Waals surface area contributed by atoms with Crippen LogP contribution in [0.3, 0.4) is 0 Å². The molecule has 288 valence electrons. The summed E-state index contributed by atoms with van der Waals surface area (Å²) in [5.41, 5.74) is 17.4. The number of hydrogen-bond donors (Lipinski definition) is 0. The van der Waals surface area contributed by atoms with Gasteiger partial charge in [0.1, 0.15) is 11.2 Å². The molecule has 1 heterocycles. The lowest BCUT2D eigenvalue weighted by atomic mass is 9.82. The van der Waals surface area contributed by atoms with Gasteiger partial charge in [-0.05, 0) is 97.1 Å². The molecule has 0 spiro atoms. The molecule has 0 fully saturated rings. The Balaban J connectivity index is 1.11. The Morgan fingerprint density at radius 1 is 0.377 bits per heavy atom.